The van der Waals surface area contributed by atoms with Gasteiger partial charge in [-0.05, 0) is 0 Å². The number of esters is 1. The van der Waals surface area contributed by atoms with Gasteiger partial charge in [0.15, 0.2) is 6.61 Å². The molecule has 0 aromatic carbocycles. The van der Waals surface area contributed by atoms with Gasteiger partial charge in [0.2, 0.25) is 0 Å². The van der Waals surface area contributed by atoms with Crippen LogP contribution in [0.3, 0.4) is 0 Å². The molecule has 0 radical (unpaired) electrons. The van der Waals surface area contributed by atoms with E-state index in [1.807, 2.05) is 0 Å². The molecule has 0 spiro atoms. The smallest absolute Gasteiger partial charge is 0.344 e. The van der Waals surface area contributed by atoms with Gasteiger partial charge in [0.1, 0.15) is 6.61 Å². The van der Waals surface area contributed by atoms with E-state index in [1.165, 1.54) is 13.4 Å². The Kier molecular flexibility index (Phi) is 6.42. The number of rotatable bonds is 6. The second-order valence-corrected chi connectivity index (χ2v) is 1.69. The van der Waals surface area contributed by atoms with Crippen LogP contribution in [0.15, 0.2) is 12.8 Å². The third kappa shape index (κ3) is 6.86. The van der Waals surface area contributed by atoms with Gasteiger partial charge in [-0.1, -0.05) is 6.58 Å². The Balaban J connectivity index is 3.15. The van der Waals surface area contributed by atoms with Gasteiger partial charge in [0, 0.05) is 7.11 Å². The fourth-order valence-electron chi connectivity index (χ4n) is 0.407. The summed E-state index contributed by atoms with van der Waals surface area (Å²) < 4.78 is 13.9. The standard InChI is InChI=1S/C7H12O4/c1-3-10-6-7(8)11-5-4-9-2/h3H,1,4-6H2,2H3. The quantitative estimate of drug-likeness (QED) is 0.319. The predicted octanol–water partition coefficient (Wildman–Crippen LogP) is 0.336. The molecule has 64 valence electrons. The molecule has 0 amide bonds. The second-order valence-electron chi connectivity index (χ2n) is 1.69. The van der Waals surface area contributed by atoms with Crippen molar-refractivity contribution < 1.29 is 19.0 Å². The molecule has 0 unspecified atom stereocenters. The fourth-order valence-corrected chi connectivity index (χ4v) is 0.407. The third-order valence-corrected chi connectivity index (χ3v) is 0.870. The van der Waals surface area contributed by atoms with Crippen LogP contribution < -0.4 is 0 Å². The highest BCUT2D eigenvalue weighted by Crippen LogP contribution is 1.81. The molecule has 0 saturated carbocycles. The van der Waals surface area contributed by atoms with Crippen molar-refractivity contribution in [1.82, 2.24) is 0 Å². The van der Waals surface area contributed by atoms with Gasteiger partial charge in [0.05, 0.1) is 12.9 Å². The van der Waals surface area contributed by atoms with E-state index in [-0.39, 0.29) is 13.2 Å². The predicted molar refractivity (Wildman–Crippen MR) is 39.0 cm³/mol. The molecule has 0 atom stereocenters. The zero-order valence-electron chi connectivity index (χ0n) is 6.54. The van der Waals surface area contributed by atoms with Crippen LogP contribution in [-0.4, -0.2) is 32.9 Å². The lowest BCUT2D eigenvalue weighted by Gasteiger charge is -2.02. The number of hydrogen-bond donors (Lipinski definition) is 0. The van der Waals surface area contributed by atoms with E-state index in [1.54, 1.807) is 0 Å². The largest absolute Gasteiger partial charge is 0.490 e. The first kappa shape index (κ1) is 9.97. The zero-order valence-corrected chi connectivity index (χ0v) is 6.54. The number of carbonyl (C=O) groups excluding carboxylic acids is 1. The van der Waals surface area contributed by atoms with E-state index in [2.05, 4.69) is 20.8 Å². The lowest BCUT2D eigenvalue weighted by molar-refractivity contribution is -0.148. The van der Waals surface area contributed by atoms with Crippen molar-refractivity contribution in [2.24, 2.45) is 0 Å². The van der Waals surface area contributed by atoms with Crippen LogP contribution in [0.1, 0.15) is 0 Å². The molecule has 0 aromatic rings. The first-order valence-electron chi connectivity index (χ1n) is 3.18. The Hall–Kier alpha value is -1.03. The first-order valence-corrected chi connectivity index (χ1v) is 3.18. The first-order chi connectivity index (χ1) is 5.31. The van der Waals surface area contributed by atoms with Crippen LogP contribution in [0.5, 0.6) is 0 Å². The van der Waals surface area contributed by atoms with Gasteiger partial charge in [-0.25, -0.2) is 4.79 Å². The number of ether oxygens (including phenoxy) is 3. The van der Waals surface area contributed by atoms with Crippen LogP contribution in [0, 0.1) is 0 Å². The summed E-state index contributed by atoms with van der Waals surface area (Å²) in [5.41, 5.74) is 0. The van der Waals surface area contributed by atoms with Crippen molar-refractivity contribution in [2.45, 2.75) is 0 Å². The summed E-state index contributed by atoms with van der Waals surface area (Å²) in [5.74, 6) is -0.415. The summed E-state index contributed by atoms with van der Waals surface area (Å²) in [5, 5.41) is 0. The lowest BCUT2D eigenvalue weighted by atomic mass is 10.7. The molecule has 0 heterocycles. The van der Waals surface area contributed by atoms with Crippen LogP contribution in [0.4, 0.5) is 0 Å². The van der Waals surface area contributed by atoms with E-state index in [4.69, 9.17) is 0 Å². The van der Waals surface area contributed by atoms with E-state index in [0.717, 1.165) is 0 Å². The average molecular weight is 160 g/mol. The lowest BCUT2D eigenvalue weighted by Crippen LogP contribution is -2.13. The maximum atomic E-state index is 10.6. The number of carbonyl (C=O) groups is 1. The number of hydrogen-bond acceptors (Lipinski definition) is 4. The molecule has 0 aliphatic carbocycles. The molecule has 0 rings (SSSR count). The van der Waals surface area contributed by atoms with Crippen molar-refractivity contribution in [2.75, 3.05) is 26.9 Å². The van der Waals surface area contributed by atoms with E-state index in [0.29, 0.717) is 6.61 Å². The number of methoxy groups -OCH3 is 1. The molecule has 0 aromatic heterocycles. The van der Waals surface area contributed by atoms with Crippen molar-refractivity contribution in [3.05, 3.63) is 12.8 Å². The van der Waals surface area contributed by atoms with Crippen LogP contribution in [-0.2, 0) is 19.0 Å². The van der Waals surface area contributed by atoms with Crippen LogP contribution in [0.2, 0.25) is 0 Å². The molecule has 0 fully saturated rings. The molecular weight excluding hydrogens is 148 g/mol. The molecule has 0 saturated heterocycles. The van der Waals surface area contributed by atoms with Crippen molar-refractivity contribution in [3.63, 3.8) is 0 Å². The maximum Gasteiger partial charge on any atom is 0.344 e. The Morgan fingerprint density at radius 2 is 2.27 bits per heavy atom. The molecule has 0 bridgehead atoms. The van der Waals surface area contributed by atoms with E-state index in [9.17, 15) is 4.79 Å². The second kappa shape index (κ2) is 7.08. The Morgan fingerprint density at radius 3 is 2.82 bits per heavy atom. The molecule has 11 heavy (non-hydrogen) atoms. The maximum absolute atomic E-state index is 10.6. The summed E-state index contributed by atoms with van der Waals surface area (Å²) in [6.07, 6.45) is 1.19. The van der Waals surface area contributed by atoms with Crippen molar-refractivity contribution in [1.29, 1.82) is 0 Å². The summed E-state index contributed by atoms with van der Waals surface area (Å²) in [7, 11) is 1.54. The molecule has 0 aliphatic rings. The highest BCUT2D eigenvalue weighted by Gasteiger charge is 1.99. The third-order valence-electron chi connectivity index (χ3n) is 0.870. The Labute approximate surface area is 65.7 Å². The molecule has 4 heteroatoms. The van der Waals surface area contributed by atoms with Gasteiger partial charge in [-0.15, -0.1) is 0 Å². The molecule has 4 nitrogen and oxygen atoms in total. The monoisotopic (exact) mass is 160 g/mol. The summed E-state index contributed by atoms with van der Waals surface area (Å²) in [6.45, 7) is 3.85. The van der Waals surface area contributed by atoms with Crippen molar-refractivity contribution in [3.8, 4) is 0 Å². The Morgan fingerprint density at radius 1 is 1.55 bits per heavy atom. The summed E-state index contributed by atoms with van der Waals surface area (Å²) in [4.78, 5) is 10.6. The van der Waals surface area contributed by atoms with Crippen molar-refractivity contribution >= 4 is 5.97 Å². The van der Waals surface area contributed by atoms with E-state index < -0.39 is 5.97 Å². The van der Waals surface area contributed by atoms with E-state index >= 15 is 0 Å². The van der Waals surface area contributed by atoms with Crippen LogP contribution in [0.25, 0.3) is 0 Å². The molecule has 0 aliphatic heterocycles. The summed E-state index contributed by atoms with van der Waals surface area (Å²) in [6, 6.07) is 0. The molecular formula is C7H12O4. The average Bonchev–Trinajstić information content (AvgIpc) is 2.01. The van der Waals surface area contributed by atoms with Gasteiger partial charge in [0.25, 0.3) is 0 Å². The minimum atomic E-state index is -0.415. The van der Waals surface area contributed by atoms with Gasteiger partial charge in [-0.3, -0.25) is 0 Å². The summed E-state index contributed by atoms with van der Waals surface area (Å²) >= 11 is 0. The van der Waals surface area contributed by atoms with Gasteiger partial charge in [-0.2, -0.15) is 0 Å². The van der Waals surface area contributed by atoms with Gasteiger partial charge >= 0.3 is 5.97 Å². The van der Waals surface area contributed by atoms with Gasteiger partial charge < -0.3 is 14.2 Å². The SMILES string of the molecule is C=COCC(=O)OCCOC. The highest BCUT2D eigenvalue weighted by molar-refractivity contribution is 5.70. The van der Waals surface area contributed by atoms with Crippen LogP contribution >= 0.6 is 0 Å². The minimum absolute atomic E-state index is 0.0901. The highest BCUT2D eigenvalue weighted by atomic mass is 16.6. The Bertz CT molecular complexity index is 122. The fraction of sp³-hybridized carbons (Fsp3) is 0.571. The minimum Gasteiger partial charge on any atom is -0.490 e. The zero-order chi connectivity index (χ0) is 8.53. The molecule has 0 N–H and O–H groups in total. The normalized spacial score (nSPS) is 8.82. The topological polar surface area (TPSA) is 44.8 Å².